The van der Waals surface area contributed by atoms with Crippen molar-refractivity contribution in [1.29, 1.82) is 0 Å². The molecule has 3 N–H and O–H groups in total. The summed E-state index contributed by atoms with van der Waals surface area (Å²) in [6.45, 7) is 1.87. The Morgan fingerprint density at radius 1 is 1.21 bits per heavy atom. The molecule has 1 aromatic carbocycles. The normalized spacial score (nSPS) is 19.9. The molecule has 0 aliphatic heterocycles. The summed E-state index contributed by atoms with van der Waals surface area (Å²) >= 11 is 0. The second-order valence-electron chi connectivity index (χ2n) is 5.84. The molecule has 0 saturated heterocycles. The van der Waals surface area contributed by atoms with Gasteiger partial charge < -0.3 is 5.73 Å². The third kappa shape index (κ3) is 2.77. The van der Waals surface area contributed by atoms with Gasteiger partial charge in [-0.1, -0.05) is 6.07 Å². The molecular formula is C14H20N2O2S. The van der Waals surface area contributed by atoms with Crippen molar-refractivity contribution in [2.75, 3.05) is 5.73 Å². The largest absolute Gasteiger partial charge is 0.398 e. The molecule has 0 aromatic heterocycles. The van der Waals surface area contributed by atoms with E-state index in [2.05, 4.69) is 4.72 Å². The fourth-order valence-electron chi connectivity index (χ4n) is 2.52. The topological polar surface area (TPSA) is 72.2 Å². The second-order valence-corrected chi connectivity index (χ2v) is 7.55. The van der Waals surface area contributed by atoms with E-state index in [0.717, 1.165) is 31.2 Å². The van der Waals surface area contributed by atoms with Crippen LogP contribution in [0.1, 0.15) is 31.2 Å². The van der Waals surface area contributed by atoms with Gasteiger partial charge in [0.05, 0.1) is 4.90 Å². The van der Waals surface area contributed by atoms with Gasteiger partial charge in [-0.05, 0) is 62.1 Å². The molecule has 2 aliphatic rings. The summed E-state index contributed by atoms with van der Waals surface area (Å²) in [4.78, 5) is 0.280. The zero-order valence-corrected chi connectivity index (χ0v) is 11.9. The van der Waals surface area contributed by atoms with Crippen LogP contribution in [-0.2, 0) is 10.0 Å². The van der Waals surface area contributed by atoms with E-state index in [9.17, 15) is 8.42 Å². The number of nitrogens with two attached hydrogens (primary N) is 1. The predicted molar refractivity (Wildman–Crippen MR) is 75.1 cm³/mol. The van der Waals surface area contributed by atoms with Gasteiger partial charge in [0.1, 0.15) is 0 Å². The number of nitrogens with one attached hydrogen (secondary N) is 1. The standard InChI is InChI=1S/C14H20N2O2S/c1-9-2-7-12(8-13(9)15)19(17,18)16-14(10-3-4-10)11-5-6-11/h2,7-8,10-11,14,16H,3-6,15H2,1H3. The van der Waals surface area contributed by atoms with Crippen molar-refractivity contribution in [2.45, 2.75) is 43.5 Å². The molecule has 0 spiro atoms. The van der Waals surface area contributed by atoms with Crippen molar-refractivity contribution < 1.29 is 8.42 Å². The maximum atomic E-state index is 12.4. The van der Waals surface area contributed by atoms with Crippen molar-refractivity contribution in [3.8, 4) is 0 Å². The summed E-state index contributed by atoms with van der Waals surface area (Å²) in [6, 6.07) is 5.07. The quantitative estimate of drug-likeness (QED) is 0.811. The Balaban J connectivity index is 1.82. The molecule has 5 heteroatoms. The van der Waals surface area contributed by atoms with Gasteiger partial charge >= 0.3 is 0 Å². The monoisotopic (exact) mass is 280 g/mol. The van der Waals surface area contributed by atoms with Crippen LogP contribution in [0.4, 0.5) is 5.69 Å². The summed E-state index contributed by atoms with van der Waals surface area (Å²) in [5, 5.41) is 0. The molecular weight excluding hydrogens is 260 g/mol. The first kappa shape index (κ1) is 12.9. The zero-order chi connectivity index (χ0) is 13.6. The lowest BCUT2D eigenvalue weighted by Gasteiger charge is -2.18. The zero-order valence-electron chi connectivity index (χ0n) is 11.1. The van der Waals surface area contributed by atoms with Gasteiger partial charge in [-0.15, -0.1) is 0 Å². The lowest BCUT2D eigenvalue weighted by atomic mass is 10.1. The first-order valence-corrected chi connectivity index (χ1v) is 8.34. The molecule has 0 radical (unpaired) electrons. The van der Waals surface area contributed by atoms with Gasteiger partial charge in [0, 0.05) is 11.7 Å². The molecule has 4 nitrogen and oxygen atoms in total. The minimum atomic E-state index is -3.44. The van der Waals surface area contributed by atoms with Crippen LogP contribution < -0.4 is 10.5 Å². The lowest BCUT2D eigenvalue weighted by Crippen LogP contribution is -2.38. The van der Waals surface area contributed by atoms with Crippen molar-refractivity contribution in [3.63, 3.8) is 0 Å². The molecule has 0 heterocycles. The highest BCUT2D eigenvalue weighted by Crippen LogP contribution is 2.45. The minimum Gasteiger partial charge on any atom is -0.398 e. The summed E-state index contributed by atoms with van der Waals surface area (Å²) < 4.78 is 27.7. The summed E-state index contributed by atoms with van der Waals surface area (Å²) in [5.74, 6) is 1.09. The van der Waals surface area contributed by atoms with E-state index in [1.807, 2.05) is 6.92 Å². The van der Waals surface area contributed by atoms with Crippen LogP contribution in [0.2, 0.25) is 0 Å². The molecule has 0 unspecified atom stereocenters. The van der Waals surface area contributed by atoms with Gasteiger partial charge in [-0.25, -0.2) is 13.1 Å². The third-order valence-electron chi connectivity index (χ3n) is 4.11. The lowest BCUT2D eigenvalue weighted by molar-refractivity contribution is 0.471. The van der Waals surface area contributed by atoms with Crippen LogP contribution in [0.25, 0.3) is 0 Å². The van der Waals surface area contributed by atoms with Gasteiger partial charge in [0.2, 0.25) is 10.0 Å². The Kier molecular flexibility index (Phi) is 3.06. The SMILES string of the molecule is Cc1ccc(S(=O)(=O)NC(C2CC2)C2CC2)cc1N. The van der Waals surface area contributed by atoms with Gasteiger partial charge in [-0.2, -0.15) is 0 Å². The number of benzene rings is 1. The fourth-order valence-corrected chi connectivity index (χ4v) is 3.93. The molecule has 0 amide bonds. The minimum absolute atomic E-state index is 0.132. The summed E-state index contributed by atoms with van der Waals surface area (Å²) in [5.41, 5.74) is 7.23. The average Bonchev–Trinajstić information content (AvgIpc) is 3.23. The molecule has 3 rings (SSSR count). The van der Waals surface area contributed by atoms with Crippen LogP contribution in [-0.4, -0.2) is 14.5 Å². The van der Waals surface area contributed by atoms with Crippen LogP contribution in [0.15, 0.2) is 23.1 Å². The Morgan fingerprint density at radius 3 is 2.26 bits per heavy atom. The van der Waals surface area contributed by atoms with E-state index in [1.54, 1.807) is 18.2 Å². The Labute approximate surface area is 114 Å². The Morgan fingerprint density at radius 2 is 1.79 bits per heavy atom. The molecule has 19 heavy (non-hydrogen) atoms. The van der Waals surface area contributed by atoms with E-state index in [1.165, 1.54) is 0 Å². The van der Waals surface area contributed by atoms with Crippen molar-refractivity contribution >= 4 is 15.7 Å². The summed E-state index contributed by atoms with van der Waals surface area (Å²) in [7, 11) is -3.44. The van der Waals surface area contributed by atoms with Crippen LogP contribution in [0.3, 0.4) is 0 Å². The van der Waals surface area contributed by atoms with Gasteiger partial charge in [0.15, 0.2) is 0 Å². The van der Waals surface area contributed by atoms with E-state index < -0.39 is 10.0 Å². The first-order valence-electron chi connectivity index (χ1n) is 6.86. The number of aryl methyl sites for hydroxylation is 1. The number of hydrogen-bond donors (Lipinski definition) is 2. The van der Waals surface area contributed by atoms with Gasteiger partial charge in [-0.3, -0.25) is 0 Å². The highest BCUT2D eigenvalue weighted by molar-refractivity contribution is 7.89. The average molecular weight is 280 g/mol. The van der Waals surface area contributed by atoms with E-state index >= 15 is 0 Å². The molecule has 2 fully saturated rings. The Hall–Kier alpha value is -1.07. The molecule has 1 aromatic rings. The number of sulfonamides is 1. The van der Waals surface area contributed by atoms with Crippen LogP contribution >= 0.6 is 0 Å². The number of anilines is 1. The molecule has 104 valence electrons. The number of nitrogen functional groups attached to an aromatic ring is 1. The number of hydrogen-bond acceptors (Lipinski definition) is 3. The third-order valence-corrected chi connectivity index (χ3v) is 5.57. The van der Waals surface area contributed by atoms with Gasteiger partial charge in [0.25, 0.3) is 0 Å². The van der Waals surface area contributed by atoms with E-state index in [-0.39, 0.29) is 10.9 Å². The van der Waals surface area contributed by atoms with Crippen LogP contribution in [0.5, 0.6) is 0 Å². The van der Waals surface area contributed by atoms with Crippen LogP contribution in [0, 0.1) is 18.8 Å². The maximum Gasteiger partial charge on any atom is 0.240 e. The smallest absolute Gasteiger partial charge is 0.240 e. The Bertz CT molecular complexity index is 577. The molecule has 0 atom stereocenters. The fraction of sp³-hybridized carbons (Fsp3) is 0.571. The van der Waals surface area contributed by atoms with Crippen molar-refractivity contribution in [3.05, 3.63) is 23.8 Å². The van der Waals surface area contributed by atoms with Crippen molar-refractivity contribution in [1.82, 2.24) is 4.72 Å². The van der Waals surface area contributed by atoms with Crippen molar-refractivity contribution in [2.24, 2.45) is 11.8 Å². The van der Waals surface area contributed by atoms with E-state index in [0.29, 0.717) is 17.5 Å². The first-order chi connectivity index (χ1) is 8.97. The predicted octanol–water partition coefficient (Wildman–Crippen LogP) is 2.04. The highest BCUT2D eigenvalue weighted by atomic mass is 32.2. The molecule has 2 aliphatic carbocycles. The molecule has 0 bridgehead atoms. The highest BCUT2D eigenvalue weighted by Gasteiger charge is 2.43. The number of rotatable bonds is 5. The molecule has 2 saturated carbocycles. The van der Waals surface area contributed by atoms with E-state index in [4.69, 9.17) is 5.73 Å². The summed E-state index contributed by atoms with van der Waals surface area (Å²) in [6.07, 6.45) is 4.61. The maximum absolute atomic E-state index is 12.4. The second kappa shape index (κ2) is 4.49.